The molecule has 0 aliphatic rings. The van der Waals surface area contributed by atoms with E-state index in [4.69, 9.17) is 9.72 Å². The summed E-state index contributed by atoms with van der Waals surface area (Å²) in [4.78, 5) is 20.0. The highest BCUT2D eigenvalue weighted by Gasteiger charge is 2.22. The number of para-hydroxylation sites is 4. The summed E-state index contributed by atoms with van der Waals surface area (Å²) in [5.74, 6) is 1.57. The number of hydrogen-bond donors (Lipinski definition) is 0. The SMILES string of the molecule is Cc1ccccc1OCc1nc2ccccc2n1CC(=O)N(c1ccccc1)C(C)C. The molecule has 0 unspecified atom stereocenters. The molecule has 0 aliphatic carbocycles. The van der Waals surface area contributed by atoms with Crippen LogP contribution in [0.15, 0.2) is 78.9 Å². The first-order valence-electron chi connectivity index (χ1n) is 10.5. The summed E-state index contributed by atoms with van der Waals surface area (Å²) in [6, 6.07) is 25.6. The Bertz CT molecular complexity index is 1180. The van der Waals surface area contributed by atoms with Crippen LogP contribution < -0.4 is 9.64 Å². The van der Waals surface area contributed by atoms with Crippen molar-refractivity contribution in [1.29, 1.82) is 0 Å². The quantitative estimate of drug-likeness (QED) is 0.409. The highest BCUT2D eigenvalue weighted by atomic mass is 16.5. The largest absolute Gasteiger partial charge is 0.485 e. The molecule has 4 aromatic rings. The Morgan fingerprint density at radius 3 is 2.39 bits per heavy atom. The highest BCUT2D eigenvalue weighted by Crippen LogP contribution is 2.22. The summed E-state index contributed by atoms with van der Waals surface area (Å²) in [5.41, 5.74) is 3.74. The van der Waals surface area contributed by atoms with Gasteiger partial charge in [-0.1, -0.05) is 48.5 Å². The van der Waals surface area contributed by atoms with E-state index in [1.807, 2.05) is 109 Å². The van der Waals surface area contributed by atoms with Gasteiger partial charge in [0.05, 0.1) is 11.0 Å². The predicted octanol–water partition coefficient (Wildman–Crippen LogP) is 5.37. The summed E-state index contributed by atoms with van der Waals surface area (Å²) in [7, 11) is 0. The van der Waals surface area contributed by atoms with Gasteiger partial charge in [-0.05, 0) is 56.7 Å². The molecule has 0 radical (unpaired) electrons. The van der Waals surface area contributed by atoms with Crippen LogP contribution in [0, 0.1) is 6.92 Å². The third-order valence-electron chi connectivity index (χ3n) is 5.30. The zero-order valence-corrected chi connectivity index (χ0v) is 18.2. The third-order valence-corrected chi connectivity index (χ3v) is 5.30. The highest BCUT2D eigenvalue weighted by molar-refractivity contribution is 5.94. The molecule has 0 bridgehead atoms. The molecule has 0 fully saturated rings. The van der Waals surface area contributed by atoms with Crippen molar-refractivity contribution >= 4 is 22.6 Å². The molecular formula is C26H27N3O2. The van der Waals surface area contributed by atoms with Crippen LogP contribution >= 0.6 is 0 Å². The van der Waals surface area contributed by atoms with E-state index in [0.717, 1.165) is 33.9 Å². The average molecular weight is 414 g/mol. The third kappa shape index (κ3) is 4.45. The number of imidazole rings is 1. The van der Waals surface area contributed by atoms with E-state index in [1.54, 1.807) is 0 Å². The first-order chi connectivity index (χ1) is 15.0. The average Bonchev–Trinajstić information content (AvgIpc) is 3.11. The van der Waals surface area contributed by atoms with E-state index in [2.05, 4.69) is 0 Å². The molecular weight excluding hydrogens is 386 g/mol. The minimum Gasteiger partial charge on any atom is -0.485 e. The number of carbonyl (C=O) groups excluding carboxylic acids is 1. The van der Waals surface area contributed by atoms with Crippen LogP contribution in [-0.2, 0) is 17.9 Å². The van der Waals surface area contributed by atoms with Gasteiger partial charge in [-0.25, -0.2) is 4.98 Å². The summed E-state index contributed by atoms with van der Waals surface area (Å²) in [6.45, 7) is 6.56. The van der Waals surface area contributed by atoms with Crippen LogP contribution in [0.3, 0.4) is 0 Å². The molecule has 0 aliphatic heterocycles. The first kappa shape index (κ1) is 20.7. The van der Waals surface area contributed by atoms with E-state index in [1.165, 1.54) is 0 Å². The van der Waals surface area contributed by atoms with Crippen molar-refractivity contribution in [3.8, 4) is 5.75 Å². The summed E-state index contributed by atoms with van der Waals surface area (Å²) < 4.78 is 8.03. The lowest BCUT2D eigenvalue weighted by atomic mass is 10.2. The van der Waals surface area contributed by atoms with Crippen LogP contribution in [-0.4, -0.2) is 21.5 Å². The van der Waals surface area contributed by atoms with E-state index < -0.39 is 0 Å². The molecule has 0 atom stereocenters. The summed E-state index contributed by atoms with van der Waals surface area (Å²) in [6.07, 6.45) is 0. The number of nitrogens with zero attached hydrogens (tertiary/aromatic N) is 3. The number of amides is 1. The molecule has 0 spiro atoms. The lowest BCUT2D eigenvalue weighted by Crippen LogP contribution is -2.39. The Morgan fingerprint density at radius 2 is 1.65 bits per heavy atom. The molecule has 5 nitrogen and oxygen atoms in total. The van der Waals surface area contributed by atoms with Crippen molar-refractivity contribution in [2.75, 3.05) is 4.90 Å². The molecule has 158 valence electrons. The van der Waals surface area contributed by atoms with Gasteiger partial charge in [0.15, 0.2) is 0 Å². The van der Waals surface area contributed by atoms with Crippen molar-refractivity contribution in [2.45, 2.75) is 40.0 Å². The van der Waals surface area contributed by atoms with E-state index in [0.29, 0.717) is 6.61 Å². The number of benzene rings is 3. The minimum atomic E-state index is 0.0153. The van der Waals surface area contributed by atoms with Crippen molar-refractivity contribution in [3.05, 3.63) is 90.3 Å². The van der Waals surface area contributed by atoms with Gasteiger partial charge in [0.1, 0.15) is 24.7 Å². The van der Waals surface area contributed by atoms with Gasteiger partial charge < -0.3 is 14.2 Å². The minimum absolute atomic E-state index is 0.0153. The maximum absolute atomic E-state index is 13.4. The number of aromatic nitrogens is 2. The van der Waals surface area contributed by atoms with Crippen LogP contribution in [0.4, 0.5) is 5.69 Å². The lowest BCUT2D eigenvalue weighted by molar-refractivity contribution is -0.119. The number of carbonyl (C=O) groups is 1. The number of anilines is 1. The fourth-order valence-corrected chi connectivity index (χ4v) is 3.80. The summed E-state index contributed by atoms with van der Waals surface area (Å²) >= 11 is 0. The molecule has 1 heterocycles. The van der Waals surface area contributed by atoms with Crippen molar-refractivity contribution in [2.24, 2.45) is 0 Å². The van der Waals surface area contributed by atoms with Crippen molar-refractivity contribution < 1.29 is 9.53 Å². The number of aryl methyl sites for hydroxylation is 1. The van der Waals surface area contributed by atoms with Crippen LogP contribution in [0.25, 0.3) is 11.0 Å². The second-order valence-electron chi connectivity index (χ2n) is 7.85. The fraction of sp³-hybridized carbons (Fsp3) is 0.231. The Labute approximate surface area is 182 Å². The monoisotopic (exact) mass is 413 g/mol. The van der Waals surface area contributed by atoms with Gasteiger partial charge in [0.2, 0.25) is 5.91 Å². The topological polar surface area (TPSA) is 47.4 Å². The zero-order chi connectivity index (χ0) is 21.8. The van der Waals surface area contributed by atoms with Crippen LogP contribution in [0.1, 0.15) is 25.2 Å². The van der Waals surface area contributed by atoms with Crippen LogP contribution in [0.2, 0.25) is 0 Å². The molecule has 0 saturated carbocycles. The lowest BCUT2D eigenvalue weighted by Gasteiger charge is -2.27. The second kappa shape index (κ2) is 9.04. The van der Waals surface area contributed by atoms with Gasteiger partial charge >= 0.3 is 0 Å². The molecule has 31 heavy (non-hydrogen) atoms. The maximum Gasteiger partial charge on any atom is 0.247 e. The van der Waals surface area contributed by atoms with Gasteiger partial charge in [0.25, 0.3) is 0 Å². The fourth-order valence-electron chi connectivity index (χ4n) is 3.80. The van der Waals surface area contributed by atoms with Crippen molar-refractivity contribution in [1.82, 2.24) is 9.55 Å². The van der Waals surface area contributed by atoms with E-state index in [9.17, 15) is 4.79 Å². The summed E-state index contributed by atoms with van der Waals surface area (Å²) in [5, 5.41) is 0. The van der Waals surface area contributed by atoms with Crippen LogP contribution in [0.5, 0.6) is 5.75 Å². The van der Waals surface area contributed by atoms with Gasteiger partial charge in [-0.3, -0.25) is 4.79 Å². The Balaban J connectivity index is 1.65. The smallest absolute Gasteiger partial charge is 0.247 e. The number of fused-ring (bicyclic) bond motifs is 1. The van der Waals surface area contributed by atoms with Gasteiger partial charge in [-0.15, -0.1) is 0 Å². The normalized spacial score (nSPS) is 11.1. The Kier molecular flexibility index (Phi) is 6.03. The first-order valence-corrected chi connectivity index (χ1v) is 10.5. The van der Waals surface area contributed by atoms with Gasteiger partial charge in [-0.2, -0.15) is 0 Å². The predicted molar refractivity (Wildman–Crippen MR) is 124 cm³/mol. The molecule has 1 aromatic heterocycles. The molecule has 5 heteroatoms. The standard InChI is InChI=1S/C26H27N3O2/c1-19(2)29(21-12-5-4-6-13-21)26(30)17-28-23-15-9-8-14-22(23)27-25(28)18-31-24-16-10-7-11-20(24)3/h4-16,19H,17-18H2,1-3H3. The molecule has 0 N–H and O–H groups in total. The number of hydrogen-bond acceptors (Lipinski definition) is 3. The molecule has 1 amide bonds. The zero-order valence-electron chi connectivity index (χ0n) is 18.2. The molecule has 4 rings (SSSR count). The molecule has 3 aromatic carbocycles. The maximum atomic E-state index is 13.4. The number of rotatable bonds is 7. The van der Waals surface area contributed by atoms with E-state index >= 15 is 0 Å². The van der Waals surface area contributed by atoms with E-state index in [-0.39, 0.29) is 18.5 Å². The van der Waals surface area contributed by atoms with Gasteiger partial charge in [0, 0.05) is 11.7 Å². The number of ether oxygens (including phenoxy) is 1. The second-order valence-corrected chi connectivity index (χ2v) is 7.85. The Morgan fingerprint density at radius 1 is 0.968 bits per heavy atom. The molecule has 0 saturated heterocycles. The van der Waals surface area contributed by atoms with Crippen molar-refractivity contribution in [3.63, 3.8) is 0 Å². The Hall–Kier alpha value is -3.60.